The molecule has 1 heterocycles. The van der Waals surface area contributed by atoms with Crippen LogP contribution in [0.3, 0.4) is 0 Å². The van der Waals surface area contributed by atoms with Crippen LogP contribution in [-0.4, -0.2) is 26.9 Å². The highest BCUT2D eigenvalue weighted by Gasteiger charge is 2.15. The highest BCUT2D eigenvalue weighted by molar-refractivity contribution is 5.73. The monoisotopic (exact) mass is 339 g/mol. The van der Waals surface area contributed by atoms with Gasteiger partial charge in [-0.3, -0.25) is 4.79 Å². The Bertz CT molecular complexity index is 860. The van der Waals surface area contributed by atoms with Gasteiger partial charge in [-0.1, -0.05) is 18.2 Å². The molecule has 2 aromatic carbocycles. The lowest BCUT2D eigenvalue weighted by Crippen LogP contribution is -2.33. The minimum absolute atomic E-state index is 0.314. The van der Waals surface area contributed by atoms with Crippen LogP contribution in [0, 0.1) is 5.82 Å². The van der Waals surface area contributed by atoms with Gasteiger partial charge in [0.2, 0.25) is 0 Å². The van der Waals surface area contributed by atoms with Gasteiger partial charge in [0.15, 0.2) is 0 Å². The third kappa shape index (κ3) is 3.92. The summed E-state index contributed by atoms with van der Waals surface area (Å²) in [4.78, 5) is 11.0. The summed E-state index contributed by atoms with van der Waals surface area (Å²) in [6, 6.07) is 15.0. The first-order valence-corrected chi connectivity index (χ1v) is 7.90. The molecule has 25 heavy (non-hydrogen) atoms. The van der Waals surface area contributed by atoms with E-state index in [9.17, 15) is 9.18 Å². The number of benzene rings is 2. The maximum atomic E-state index is 13.2. The van der Waals surface area contributed by atoms with Crippen molar-refractivity contribution in [1.82, 2.24) is 15.1 Å². The van der Waals surface area contributed by atoms with Crippen LogP contribution in [0.25, 0.3) is 16.9 Å². The average Bonchev–Trinajstić information content (AvgIpc) is 3.05. The fourth-order valence-corrected chi connectivity index (χ4v) is 2.45. The van der Waals surface area contributed by atoms with Crippen LogP contribution in [0.5, 0.6) is 0 Å². The van der Waals surface area contributed by atoms with Crippen molar-refractivity contribution in [3.8, 4) is 16.9 Å². The van der Waals surface area contributed by atoms with Gasteiger partial charge in [0.1, 0.15) is 11.9 Å². The first-order chi connectivity index (χ1) is 12.0. The second-order valence-corrected chi connectivity index (χ2v) is 5.73. The normalized spacial score (nSPS) is 12.1. The van der Waals surface area contributed by atoms with Crippen LogP contribution >= 0.6 is 0 Å². The summed E-state index contributed by atoms with van der Waals surface area (Å²) in [5, 5.41) is 16.6. The molecule has 0 aliphatic heterocycles. The number of carbonyl (C=O) groups is 1. The van der Waals surface area contributed by atoms with Gasteiger partial charge in [-0.15, -0.1) is 0 Å². The SMILES string of the molecule is C[C@H](NCc1cn(-c2ccccc2)nc1-c1ccc(F)cc1)C(=O)O. The lowest BCUT2D eigenvalue weighted by Gasteiger charge is -2.08. The van der Waals surface area contributed by atoms with E-state index in [1.54, 1.807) is 23.7 Å². The Labute approximate surface area is 144 Å². The van der Waals surface area contributed by atoms with Crippen molar-refractivity contribution in [2.45, 2.75) is 19.5 Å². The second kappa shape index (κ2) is 7.27. The predicted octanol–water partition coefficient (Wildman–Crippen LogP) is 3.24. The van der Waals surface area contributed by atoms with Gasteiger partial charge in [0, 0.05) is 23.9 Å². The Kier molecular flexibility index (Phi) is 4.90. The molecular weight excluding hydrogens is 321 g/mol. The maximum absolute atomic E-state index is 13.2. The summed E-state index contributed by atoms with van der Waals surface area (Å²) in [5.41, 5.74) is 3.19. The van der Waals surface area contributed by atoms with Crippen LogP contribution in [-0.2, 0) is 11.3 Å². The molecule has 0 unspecified atom stereocenters. The van der Waals surface area contributed by atoms with Crippen LogP contribution in [0.1, 0.15) is 12.5 Å². The Hall–Kier alpha value is -2.99. The van der Waals surface area contributed by atoms with Crippen LogP contribution in [0.4, 0.5) is 4.39 Å². The summed E-state index contributed by atoms with van der Waals surface area (Å²) in [5.74, 6) is -1.23. The Balaban J connectivity index is 1.97. The number of para-hydroxylation sites is 1. The number of aromatic nitrogens is 2. The Morgan fingerprint density at radius 1 is 1.20 bits per heavy atom. The molecule has 0 fully saturated rings. The molecule has 0 bridgehead atoms. The van der Waals surface area contributed by atoms with E-state index in [0.717, 1.165) is 16.8 Å². The van der Waals surface area contributed by atoms with Crippen molar-refractivity contribution in [3.05, 3.63) is 72.2 Å². The molecule has 1 atom stereocenters. The van der Waals surface area contributed by atoms with E-state index < -0.39 is 12.0 Å². The molecule has 0 saturated heterocycles. The smallest absolute Gasteiger partial charge is 0.320 e. The van der Waals surface area contributed by atoms with Gasteiger partial charge in [-0.25, -0.2) is 9.07 Å². The molecule has 0 amide bonds. The van der Waals surface area contributed by atoms with E-state index >= 15 is 0 Å². The van der Waals surface area contributed by atoms with Crippen molar-refractivity contribution < 1.29 is 14.3 Å². The first-order valence-electron chi connectivity index (χ1n) is 7.90. The van der Waals surface area contributed by atoms with Gasteiger partial charge in [-0.2, -0.15) is 5.10 Å². The topological polar surface area (TPSA) is 67.2 Å². The maximum Gasteiger partial charge on any atom is 0.320 e. The predicted molar refractivity (Wildman–Crippen MR) is 92.9 cm³/mol. The molecule has 128 valence electrons. The van der Waals surface area contributed by atoms with Crippen molar-refractivity contribution in [3.63, 3.8) is 0 Å². The van der Waals surface area contributed by atoms with Crippen molar-refractivity contribution in [2.75, 3.05) is 0 Å². The molecule has 0 radical (unpaired) electrons. The zero-order chi connectivity index (χ0) is 17.8. The van der Waals surface area contributed by atoms with Crippen molar-refractivity contribution in [1.29, 1.82) is 0 Å². The molecule has 3 aromatic rings. The van der Waals surface area contributed by atoms with E-state index in [0.29, 0.717) is 12.2 Å². The standard InChI is InChI=1S/C19H18FN3O2/c1-13(19(24)25)21-11-15-12-23(17-5-3-2-4-6-17)22-18(15)14-7-9-16(20)10-8-14/h2-10,12-13,21H,11H2,1H3,(H,24,25)/t13-/m0/s1. The van der Waals surface area contributed by atoms with E-state index in [2.05, 4.69) is 10.4 Å². The number of carboxylic acid groups (broad SMARTS) is 1. The van der Waals surface area contributed by atoms with Gasteiger partial charge in [-0.05, 0) is 43.3 Å². The van der Waals surface area contributed by atoms with Crippen molar-refractivity contribution >= 4 is 5.97 Å². The van der Waals surface area contributed by atoms with Crippen LogP contribution < -0.4 is 5.32 Å². The zero-order valence-corrected chi connectivity index (χ0v) is 13.7. The molecule has 0 aliphatic rings. The number of hydrogen-bond donors (Lipinski definition) is 2. The lowest BCUT2D eigenvalue weighted by atomic mass is 10.1. The summed E-state index contributed by atoms with van der Waals surface area (Å²) in [6.45, 7) is 1.93. The minimum Gasteiger partial charge on any atom is -0.480 e. The summed E-state index contributed by atoms with van der Waals surface area (Å²) in [7, 11) is 0. The second-order valence-electron chi connectivity index (χ2n) is 5.73. The number of hydrogen-bond acceptors (Lipinski definition) is 3. The lowest BCUT2D eigenvalue weighted by molar-refractivity contribution is -0.139. The molecule has 1 aromatic heterocycles. The number of halogens is 1. The van der Waals surface area contributed by atoms with E-state index in [4.69, 9.17) is 5.11 Å². The van der Waals surface area contributed by atoms with E-state index in [1.807, 2.05) is 36.5 Å². The molecule has 0 spiro atoms. The quantitative estimate of drug-likeness (QED) is 0.723. The Morgan fingerprint density at radius 2 is 1.88 bits per heavy atom. The number of carboxylic acids is 1. The number of aliphatic carboxylic acids is 1. The van der Waals surface area contributed by atoms with E-state index in [-0.39, 0.29) is 5.82 Å². The summed E-state index contributed by atoms with van der Waals surface area (Å²) >= 11 is 0. The molecule has 3 rings (SSSR count). The molecule has 6 heteroatoms. The largest absolute Gasteiger partial charge is 0.480 e. The zero-order valence-electron chi connectivity index (χ0n) is 13.7. The Morgan fingerprint density at radius 3 is 2.52 bits per heavy atom. The van der Waals surface area contributed by atoms with Crippen LogP contribution in [0.2, 0.25) is 0 Å². The fraction of sp³-hybridized carbons (Fsp3) is 0.158. The summed E-state index contributed by atoms with van der Waals surface area (Å²) in [6.07, 6.45) is 1.86. The molecule has 0 aliphatic carbocycles. The number of rotatable bonds is 6. The minimum atomic E-state index is -0.918. The average molecular weight is 339 g/mol. The molecular formula is C19H18FN3O2. The molecule has 2 N–H and O–H groups in total. The number of nitrogens with one attached hydrogen (secondary N) is 1. The third-order valence-corrected chi connectivity index (χ3v) is 3.90. The number of nitrogens with zero attached hydrogens (tertiary/aromatic N) is 2. The van der Waals surface area contributed by atoms with Crippen molar-refractivity contribution in [2.24, 2.45) is 0 Å². The van der Waals surface area contributed by atoms with Gasteiger partial charge in [0.05, 0.1) is 11.4 Å². The highest BCUT2D eigenvalue weighted by atomic mass is 19.1. The first kappa shape index (κ1) is 16.9. The molecule has 0 saturated carbocycles. The van der Waals surface area contributed by atoms with E-state index in [1.165, 1.54) is 12.1 Å². The summed E-state index contributed by atoms with van der Waals surface area (Å²) < 4.78 is 14.9. The van der Waals surface area contributed by atoms with Gasteiger partial charge in [0.25, 0.3) is 0 Å². The van der Waals surface area contributed by atoms with Crippen LogP contribution in [0.15, 0.2) is 60.8 Å². The highest BCUT2D eigenvalue weighted by Crippen LogP contribution is 2.24. The fourth-order valence-electron chi connectivity index (χ4n) is 2.45. The van der Waals surface area contributed by atoms with Gasteiger partial charge >= 0.3 is 5.97 Å². The molecule has 5 nitrogen and oxygen atoms in total. The van der Waals surface area contributed by atoms with Gasteiger partial charge < -0.3 is 10.4 Å². The third-order valence-electron chi connectivity index (χ3n) is 3.90.